The van der Waals surface area contributed by atoms with Crippen LogP contribution >= 0.6 is 0 Å². The molecule has 0 aliphatic heterocycles. The van der Waals surface area contributed by atoms with Crippen LogP contribution in [-0.4, -0.2) is 101 Å². The number of furan rings is 1. The molecule has 2 heterocycles. The zero-order valence-corrected chi connectivity index (χ0v) is 36.6. The summed E-state index contributed by atoms with van der Waals surface area (Å²) < 4.78 is 7.14. The first-order valence-electron chi connectivity index (χ1n) is 21.0. The highest BCUT2D eigenvalue weighted by Gasteiger charge is 2.27. The lowest BCUT2D eigenvalue weighted by atomic mass is 9.58. The molecule has 0 amide bonds. The molecule has 9 rings (SSSR count). The molecule has 15 heteroatoms. The fourth-order valence-corrected chi connectivity index (χ4v) is 9.31. The van der Waals surface area contributed by atoms with Gasteiger partial charge in [0.15, 0.2) is 17.5 Å². The molecule has 0 fully saturated rings. The maximum absolute atomic E-state index is 7.14. The molecule has 2 aromatic heterocycles. The summed E-state index contributed by atoms with van der Waals surface area (Å²) in [7, 11) is 24.7. The maximum Gasteiger partial charge on any atom is 0.164 e. The van der Waals surface area contributed by atoms with Gasteiger partial charge < -0.3 is 4.42 Å². The summed E-state index contributed by atoms with van der Waals surface area (Å²) in [4.78, 5) is 15.7. The van der Waals surface area contributed by atoms with E-state index in [0.717, 1.165) is 49.9 Å². The van der Waals surface area contributed by atoms with Crippen molar-refractivity contribution in [2.24, 2.45) is 0 Å². The van der Waals surface area contributed by atoms with Gasteiger partial charge in [-0.05, 0) is 38.8 Å². The minimum atomic E-state index is 0.628. The van der Waals surface area contributed by atoms with E-state index in [1.54, 1.807) is 0 Å². The first-order valence-corrected chi connectivity index (χ1v) is 21.0. The van der Waals surface area contributed by atoms with Crippen molar-refractivity contribution in [3.05, 3.63) is 109 Å². The topological polar surface area (TPSA) is 51.8 Å². The van der Waals surface area contributed by atoms with Crippen molar-refractivity contribution in [2.75, 3.05) is 0 Å². The smallest absolute Gasteiger partial charge is 0.164 e. The molecule has 0 N–H and O–H groups in total. The molecule has 0 saturated carbocycles. The zero-order valence-electron chi connectivity index (χ0n) is 36.6. The molecule has 0 bridgehead atoms. The van der Waals surface area contributed by atoms with Crippen molar-refractivity contribution in [3.8, 4) is 67.5 Å². The van der Waals surface area contributed by atoms with Crippen molar-refractivity contribution >= 4 is 168 Å². The van der Waals surface area contributed by atoms with Gasteiger partial charge in [0.25, 0.3) is 0 Å². The first-order chi connectivity index (χ1) is 28.8. The normalized spacial score (nSPS) is 11.4. The van der Waals surface area contributed by atoms with Gasteiger partial charge in [-0.3, -0.25) is 0 Å². The Bertz CT molecular complexity index is 3060. The second-order valence-electron chi connectivity index (χ2n) is 16.7. The van der Waals surface area contributed by atoms with Gasteiger partial charge in [-0.15, -0.1) is 16.4 Å². The minimum Gasteiger partial charge on any atom is -0.457 e. The van der Waals surface area contributed by atoms with Crippen molar-refractivity contribution in [2.45, 2.75) is 0 Å². The number of rotatable bonds is 6. The van der Waals surface area contributed by atoms with E-state index in [0.29, 0.717) is 17.5 Å². The molecular weight excluding hydrogens is 717 g/mol. The summed E-state index contributed by atoms with van der Waals surface area (Å²) in [6.45, 7) is 0. The lowest BCUT2D eigenvalue weighted by Gasteiger charge is -2.24. The highest BCUT2D eigenvalue weighted by atomic mass is 16.3. The number of aromatic nitrogens is 3. The summed E-state index contributed by atoms with van der Waals surface area (Å²) in [5, 5.41) is 2.37. The van der Waals surface area contributed by atoms with Crippen molar-refractivity contribution in [1.29, 1.82) is 0 Å². The molecule has 0 aliphatic carbocycles. The number of hydrogen-bond acceptors (Lipinski definition) is 4. The van der Waals surface area contributed by atoms with Crippen LogP contribution in [0.4, 0.5) is 0 Å². The summed E-state index contributed by atoms with van der Waals surface area (Å²) in [6, 6.07) is 37.9. The quantitative estimate of drug-likeness (QED) is 0.159. The standard InChI is InChI=1S/C45H40B11N3O/c46-30-25(27-31(47)36(52)39(55)37(53)32(27)48)26-28-33(49)34(50)29(35(51)42(28)60-41(26)40(56)38(30)54)45-58-43(23-15-11-21(12-16-23)19-7-3-1-4-8-19)57-44(59-45)24-17-13-22(14-18-24)20-9-5-2-6-10-20/h1-18H,46-56H2. The molecule has 0 aliphatic rings. The van der Waals surface area contributed by atoms with Crippen LogP contribution in [0.1, 0.15) is 0 Å². The van der Waals surface area contributed by atoms with Gasteiger partial charge in [-0.25, -0.2) is 15.0 Å². The Hall–Kier alpha value is -5.94. The average Bonchev–Trinajstić information content (AvgIpc) is 3.69. The Morgan fingerprint density at radius 1 is 0.267 bits per heavy atom. The Kier molecular flexibility index (Phi) is 10.1. The zero-order chi connectivity index (χ0) is 42.1. The lowest BCUT2D eigenvalue weighted by molar-refractivity contribution is 0.674. The first kappa shape index (κ1) is 39.5. The molecule has 0 spiro atoms. The highest BCUT2D eigenvalue weighted by molar-refractivity contribution is 6.71. The molecule has 9 aromatic rings. The molecule has 0 saturated heterocycles. The highest BCUT2D eigenvalue weighted by Crippen LogP contribution is 2.33. The summed E-state index contributed by atoms with van der Waals surface area (Å²) >= 11 is 0. The van der Waals surface area contributed by atoms with Crippen LogP contribution in [0, 0.1) is 0 Å². The number of nitrogens with zero attached hydrogens (tertiary/aromatic N) is 3. The van der Waals surface area contributed by atoms with Crippen molar-refractivity contribution < 1.29 is 4.42 Å². The van der Waals surface area contributed by atoms with Crippen molar-refractivity contribution in [1.82, 2.24) is 15.0 Å². The second-order valence-corrected chi connectivity index (χ2v) is 16.7. The van der Waals surface area contributed by atoms with Gasteiger partial charge in [-0.1, -0.05) is 147 Å². The molecular formula is C45H40B11N3O. The molecule has 0 unspecified atom stereocenters. The number of fused-ring (bicyclic) bond motifs is 3. The van der Waals surface area contributed by atoms with Gasteiger partial charge in [-0.2, -0.15) is 0 Å². The Morgan fingerprint density at radius 2 is 0.617 bits per heavy atom. The van der Waals surface area contributed by atoms with E-state index < -0.39 is 0 Å². The summed E-state index contributed by atoms with van der Waals surface area (Å²) in [5.74, 6) is 1.89. The number of hydrogen-bond donors (Lipinski definition) is 0. The number of benzene rings is 7. The molecule has 4 nitrogen and oxygen atoms in total. The van der Waals surface area contributed by atoms with Gasteiger partial charge in [0.05, 0.1) is 0 Å². The maximum atomic E-state index is 7.14. The van der Waals surface area contributed by atoms with Crippen molar-refractivity contribution in [3.63, 3.8) is 0 Å². The van der Waals surface area contributed by atoms with Crippen LogP contribution in [0.5, 0.6) is 0 Å². The predicted molar refractivity (Wildman–Crippen MR) is 290 cm³/mol. The van der Waals surface area contributed by atoms with Crippen LogP contribution in [0.3, 0.4) is 0 Å². The Morgan fingerprint density at radius 3 is 1.10 bits per heavy atom. The minimum absolute atomic E-state index is 0.628. The summed E-state index contributed by atoms with van der Waals surface area (Å²) in [6.07, 6.45) is 0. The van der Waals surface area contributed by atoms with E-state index in [1.165, 1.54) is 82.2 Å². The fourth-order valence-electron chi connectivity index (χ4n) is 9.31. The second kappa shape index (κ2) is 15.3. The third-order valence-electron chi connectivity index (χ3n) is 13.6. The third kappa shape index (κ3) is 6.36. The monoisotopic (exact) mass is 759 g/mol. The molecule has 0 radical (unpaired) electrons. The van der Waals surface area contributed by atoms with E-state index in [1.807, 2.05) is 12.1 Å². The Labute approximate surface area is 362 Å². The van der Waals surface area contributed by atoms with Gasteiger partial charge in [0.2, 0.25) is 0 Å². The van der Waals surface area contributed by atoms with E-state index in [-0.39, 0.29) is 0 Å². The summed E-state index contributed by atoms with van der Waals surface area (Å²) in [5.41, 5.74) is 25.7. The van der Waals surface area contributed by atoms with E-state index >= 15 is 0 Å². The Balaban J connectivity index is 1.29. The van der Waals surface area contributed by atoms with E-state index in [9.17, 15) is 0 Å². The van der Waals surface area contributed by atoms with Gasteiger partial charge in [0, 0.05) is 27.5 Å². The molecule has 7 aromatic carbocycles. The fraction of sp³-hybridized carbons (Fsp3) is 0. The lowest BCUT2D eigenvalue weighted by Crippen LogP contribution is -2.56. The van der Waals surface area contributed by atoms with Crippen LogP contribution < -0.4 is 60.1 Å². The largest absolute Gasteiger partial charge is 0.457 e. The van der Waals surface area contributed by atoms with Gasteiger partial charge in [0.1, 0.15) is 97.5 Å². The van der Waals surface area contributed by atoms with Gasteiger partial charge >= 0.3 is 0 Å². The van der Waals surface area contributed by atoms with E-state index in [4.69, 9.17) is 19.4 Å². The molecule has 274 valence electrons. The predicted octanol–water partition coefficient (Wildman–Crippen LogP) is -7.38. The van der Waals surface area contributed by atoms with Crippen LogP contribution in [0.25, 0.3) is 89.5 Å². The van der Waals surface area contributed by atoms with Crippen LogP contribution in [0.15, 0.2) is 114 Å². The average molecular weight is 758 g/mol. The van der Waals surface area contributed by atoms with E-state index in [2.05, 4.69) is 183 Å². The molecule has 60 heavy (non-hydrogen) atoms. The third-order valence-corrected chi connectivity index (χ3v) is 13.6. The molecule has 0 atom stereocenters. The van der Waals surface area contributed by atoms with Crippen LogP contribution in [0.2, 0.25) is 0 Å². The SMILES string of the molecule is Bc1c(B)c(B)c(-c2c(B)c(B)c(B)c3oc4c(B)c(-c5nc(-c6ccc(-c7ccccc7)cc6)nc(-c6ccc(-c7ccccc7)cc6)n5)c(B)c(B)c4c23)c(B)c1B. The van der Waals surface area contributed by atoms with Crippen LogP contribution in [-0.2, 0) is 0 Å².